The van der Waals surface area contributed by atoms with Gasteiger partial charge in [-0.2, -0.15) is 0 Å². The van der Waals surface area contributed by atoms with E-state index in [1.165, 1.54) is 0 Å². The summed E-state index contributed by atoms with van der Waals surface area (Å²) in [5.74, 6) is -2.49. The average molecular weight is 439 g/mol. The number of sulfonamides is 1. The molecule has 2 N–H and O–H groups in total. The zero-order valence-corrected chi connectivity index (χ0v) is 15.9. The van der Waals surface area contributed by atoms with E-state index in [0.29, 0.717) is 11.3 Å². The lowest BCUT2D eigenvalue weighted by molar-refractivity contribution is 0.520. The van der Waals surface area contributed by atoms with Crippen LogP contribution in [0.1, 0.15) is 5.56 Å². The summed E-state index contributed by atoms with van der Waals surface area (Å²) >= 11 is 3.42. The lowest BCUT2D eigenvalue weighted by Crippen LogP contribution is -2.16. The van der Waals surface area contributed by atoms with Crippen LogP contribution in [0.25, 0.3) is 22.4 Å². The molecule has 0 aliphatic rings. The number of nitrogens with zero attached hydrogens (tertiary/aromatic N) is 1. The lowest BCUT2D eigenvalue weighted by Gasteiger charge is -2.12. The number of primary sulfonamides is 1. The minimum atomic E-state index is -4.51. The van der Waals surface area contributed by atoms with Crippen LogP contribution in [0.15, 0.2) is 58.0 Å². The number of aromatic nitrogens is 1. The third kappa shape index (κ3) is 3.53. The van der Waals surface area contributed by atoms with Gasteiger partial charge < -0.3 is 0 Å². The molecule has 0 spiro atoms. The van der Waals surface area contributed by atoms with Crippen molar-refractivity contribution in [3.05, 3.63) is 70.3 Å². The van der Waals surface area contributed by atoms with Gasteiger partial charge in [-0.05, 0) is 48.4 Å². The maximum atomic E-state index is 14.2. The van der Waals surface area contributed by atoms with Crippen molar-refractivity contribution in [1.82, 2.24) is 4.98 Å². The molecule has 1 aromatic heterocycles. The van der Waals surface area contributed by atoms with Crippen LogP contribution in [0.5, 0.6) is 0 Å². The Morgan fingerprint density at radius 1 is 1.04 bits per heavy atom. The summed E-state index contributed by atoms with van der Waals surface area (Å²) in [4.78, 5) is 3.18. The van der Waals surface area contributed by atoms with Crippen LogP contribution in [0.2, 0.25) is 0 Å². The summed E-state index contributed by atoms with van der Waals surface area (Å²) in [6, 6.07) is 10.7. The summed E-state index contributed by atoms with van der Waals surface area (Å²) in [6.45, 7) is 1.91. The molecule has 3 rings (SSSR count). The van der Waals surface area contributed by atoms with Gasteiger partial charge in [-0.25, -0.2) is 22.3 Å². The molecule has 0 bridgehead atoms. The highest BCUT2D eigenvalue weighted by Crippen LogP contribution is 2.34. The van der Waals surface area contributed by atoms with Gasteiger partial charge in [-0.3, -0.25) is 4.98 Å². The van der Waals surface area contributed by atoms with E-state index in [4.69, 9.17) is 5.14 Å². The summed E-state index contributed by atoms with van der Waals surface area (Å²) in [5.41, 5.74) is 2.88. The molecular formula is C18H13BrF2N2O2S. The highest BCUT2D eigenvalue weighted by atomic mass is 79.9. The van der Waals surface area contributed by atoms with E-state index in [1.807, 2.05) is 25.1 Å². The molecule has 26 heavy (non-hydrogen) atoms. The van der Waals surface area contributed by atoms with Crippen LogP contribution in [0.4, 0.5) is 8.78 Å². The summed E-state index contributed by atoms with van der Waals surface area (Å²) < 4.78 is 52.1. The number of halogens is 3. The predicted molar refractivity (Wildman–Crippen MR) is 98.8 cm³/mol. The second-order valence-electron chi connectivity index (χ2n) is 5.68. The molecule has 0 amide bonds. The lowest BCUT2D eigenvalue weighted by atomic mass is 9.98. The Morgan fingerprint density at radius 2 is 1.69 bits per heavy atom. The van der Waals surface area contributed by atoms with Gasteiger partial charge in [0.1, 0.15) is 11.6 Å². The van der Waals surface area contributed by atoms with Gasteiger partial charge in [-0.1, -0.05) is 28.1 Å². The van der Waals surface area contributed by atoms with Crippen molar-refractivity contribution in [2.24, 2.45) is 5.14 Å². The van der Waals surface area contributed by atoms with Crippen molar-refractivity contribution in [2.45, 2.75) is 11.8 Å². The number of aryl methyl sites for hydroxylation is 1. The Balaban J connectivity index is 2.22. The van der Waals surface area contributed by atoms with Gasteiger partial charge in [0.15, 0.2) is 4.90 Å². The molecule has 1 heterocycles. The van der Waals surface area contributed by atoms with E-state index < -0.39 is 26.6 Å². The Morgan fingerprint density at radius 3 is 2.27 bits per heavy atom. The molecule has 0 saturated heterocycles. The first-order chi connectivity index (χ1) is 12.2. The second kappa shape index (κ2) is 6.86. The molecule has 2 aromatic carbocycles. The van der Waals surface area contributed by atoms with Crippen LogP contribution in [0, 0.1) is 18.6 Å². The van der Waals surface area contributed by atoms with Crippen LogP contribution in [0.3, 0.4) is 0 Å². The molecule has 0 radical (unpaired) electrons. The maximum absolute atomic E-state index is 14.2. The zero-order valence-electron chi connectivity index (χ0n) is 13.5. The first-order valence-corrected chi connectivity index (χ1v) is 9.76. The van der Waals surface area contributed by atoms with Gasteiger partial charge in [0.25, 0.3) is 0 Å². The van der Waals surface area contributed by atoms with Gasteiger partial charge in [-0.15, -0.1) is 0 Å². The van der Waals surface area contributed by atoms with Gasteiger partial charge in [0.2, 0.25) is 10.0 Å². The average Bonchev–Trinajstić information content (AvgIpc) is 2.55. The Kier molecular flexibility index (Phi) is 4.92. The zero-order chi connectivity index (χ0) is 19.1. The minimum absolute atomic E-state index is 0.163. The predicted octanol–water partition coefficient (Wildman–Crippen LogP) is 4.41. The normalized spacial score (nSPS) is 11.6. The molecule has 4 nitrogen and oxygen atoms in total. The molecular weight excluding hydrogens is 426 g/mol. The van der Waals surface area contributed by atoms with Gasteiger partial charge >= 0.3 is 0 Å². The topological polar surface area (TPSA) is 73.0 Å². The maximum Gasteiger partial charge on any atom is 0.243 e. The fourth-order valence-corrected chi connectivity index (χ4v) is 3.56. The highest BCUT2D eigenvalue weighted by molar-refractivity contribution is 9.10. The van der Waals surface area contributed by atoms with Crippen molar-refractivity contribution in [3.63, 3.8) is 0 Å². The van der Waals surface area contributed by atoms with Gasteiger partial charge in [0, 0.05) is 21.8 Å². The molecule has 0 aliphatic carbocycles. The van der Waals surface area contributed by atoms with Crippen molar-refractivity contribution in [3.8, 4) is 22.4 Å². The first kappa shape index (κ1) is 18.6. The van der Waals surface area contributed by atoms with E-state index in [9.17, 15) is 17.2 Å². The van der Waals surface area contributed by atoms with Crippen molar-refractivity contribution in [2.75, 3.05) is 0 Å². The molecule has 3 aromatic rings. The summed E-state index contributed by atoms with van der Waals surface area (Å²) in [7, 11) is -4.51. The van der Waals surface area contributed by atoms with Crippen molar-refractivity contribution < 1.29 is 17.2 Å². The van der Waals surface area contributed by atoms with E-state index >= 15 is 0 Å². The molecule has 0 fully saturated rings. The Labute approximate surface area is 157 Å². The van der Waals surface area contributed by atoms with Crippen molar-refractivity contribution in [1.29, 1.82) is 0 Å². The number of nitrogens with two attached hydrogens (primary N) is 1. The third-order valence-corrected chi connectivity index (χ3v) is 5.68. The minimum Gasteiger partial charge on any atom is -0.256 e. The molecule has 0 saturated carbocycles. The number of hydrogen-bond acceptors (Lipinski definition) is 3. The Hall–Kier alpha value is -2.16. The molecule has 0 unspecified atom stereocenters. The van der Waals surface area contributed by atoms with Crippen LogP contribution in [-0.4, -0.2) is 13.4 Å². The SMILES string of the molecule is Cc1cc(-c2ncccc2-c2cc(F)c(S(N)(=O)=O)c(F)c2)ccc1Br. The van der Waals surface area contributed by atoms with E-state index in [-0.39, 0.29) is 5.56 Å². The standard InChI is InChI=1S/C18H13BrF2N2O2S/c1-10-7-11(4-5-14(10)19)17-13(3-2-6-23-17)12-8-15(20)18(16(21)9-12)26(22,24)25/h2-9H,1H3,(H2,22,24,25). The third-order valence-electron chi connectivity index (χ3n) is 3.83. The molecule has 0 aliphatic heterocycles. The number of hydrogen-bond donors (Lipinski definition) is 1. The van der Waals surface area contributed by atoms with E-state index in [0.717, 1.165) is 27.7 Å². The smallest absolute Gasteiger partial charge is 0.243 e. The number of rotatable bonds is 3. The van der Waals surface area contributed by atoms with E-state index in [2.05, 4.69) is 20.9 Å². The molecule has 134 valence electrons. The fraction of sp³-hybridized carbons (Fsp3) is 0.0556. The fourth-order valence-electron chi connectivity index (χ4n) is 2.65. The summed E-state index contributed by atoms with van der Waals surface area (Å²) in [5, 5.41) is 4.87. The molecule has 0 atom stereocenters. The number of benzene rings is 2. The largest absolute Gasteiger partial charge is 0.256 e. The Bertz CT molecular complexity index is 1090. The summed E-state index contributed by atoms with van der Waals surface area (Å²) in [6.07, 6.45) is 1.57. The quantitative estimate of drug-likeness (QED) is 0.657. The second-order valence-corrected chi connectivity index (χ2v) is 8.03. The monoisotopic (exact) mass is 438 g/mol. The first-order valence-electron chi connectivity index (χ1n) is 7.42. The van der Waals surface area contributed by atoms with Gasteiger partial charge in [0.05, 0.1) is 5.69 Å². The number of pyridine rings is 1. The highest BCUT2D eigenvalue weighted by Gasteiger charge is 2.22. The van der Waals surface area contributed by atoms with Crippen LogP contribution >= 0.6 is 15.9 Å². The molecule has 8 heteroatoms. The van der Waals surface area contributed by atoms with Crippen LogP contribution in [-0.2, 0) is 10.0 Å². The van der Waals surface area contributed by atoms with Crippen LogP contribution < -0.4 is 5.14 Å². The van der Waals surface area contributed by atoms with E-state index in [1.54, 1.807) is 18.3 Å². The van der Waals surface area contributed by atoms with Crippen molar-refractivity contribution >= 4 is 26.0 Å².